The molecule has 6 nitrogen and oxygen atoms in total. The maximum absolute atomic E-state index is 13.1. The van der Waals surface area contributed by atoms with Gasteiger partial charge in [0.05, 0.1) is 4.90 Å². The lowest BCUT2D eigenvalue weighted by molar-refractivity contribution is 0.260. The molecule has 4 N–H and O–H groups in total. The van der Waals surface area contributed by atoms with Crippen LogP contribution in [0.15, 0.2) is 39.6 Å². The van der Waals surface area contributed by atoms with Gasteiger partial charge in [-0.25, -0.2) is 14.1 Å². The number of carbonyl (C=O) groups is 1. The van der Waals surface area contributed by atoms with Gasteiger partial charge in [-0.05, 0) is 85.5 Å². The quantitative estimate of drug-likeness (QED) is 0.653. The Balaban J connectivity index is 1.59. The second-order valence-electron chi connectivity index (χ2n) is 9.26. The van der Waals surface area contributed by atoms with E-state index < -0.39 is 15.9 Å². The summed E-state index contributed by atoms with van der Waals surface area (Å²) >= 11 is 0. The molecule has 0 aromatic heterocycles. The SMILES string of the molecule is CNCC(C)(C)c1ccc(S(N)(=O)=NC(=O)Nc2c3c(cc4c2CCC4)CCC3)cc1. The zero-order valence-electron chi connectivity index (χ0n) is 18.6. The van der Waals surface area contributed by atoms with Gasteiger partial charge in [-0.15, -0.1) is 4.36 Å². The van der Waals surface area contributed by atoms with Crippen LogP contribution in [-0.4, -0.2) is 23.8 Å². The van der Waals surface area contributed by atoms with Gasteiger partial charge >= 0.3 is 6.03 Å². The third-order valence-corrected chi connectivity index (χ3v) is 7.90. The Kier molecular flexibility index (Phi) is 5.94. The van der Waals surface area contributed by atoms with Crippen molar-refractivity contribution in [1.82, 2.24) is 5.32 Å². The molecule has 2 aromatic rings. The molecule has 31 heavy (non-hydrogen) atoms. The molecule has 0 spiro atoms. The minimum absolute atomic E-state index is 0.0780. The summed E-state index contributed by atoms with van der Waals surface area (Å²) in [4.78, 5) is 13.1. The van der Waals surface area contributed by atoms with Crippen molar-refractivity contribution in [3.05, 3.63) is 58.1 Å². The lowest BCUT2D eigenvalue weighted by atomic mass is 9.85. The second-order valence-corrected chi connectivity index (χ2v) is 11.1. The Hall–Kier alpha value is -2.22. The number of fused-ring (bicyclic) bond motifs is 2. The Morgan fingerprint density at radius 2 is 1.65 bits per heavy atom. The molecule has 2 aliphatic rings. The zero-order valence-corrected chi connectivity index (χ0v) is 19.4. The van der Waals surface area contributed by atoms with Crippen LogP contribution in [0, 0.1) is 0 Å². The largest absolute Gasteiger partial charge is 0.354 e. The number of urea groups is 1. The molecular weight excluding hydrogens is 408 g/mol. The first-order chi connectivity index (χ1) is 14.7. The number of amides is 2. The first-order valence-corrected chi connectivity index (χ1v) is 12.6. The van der Waals surface area contributed by atoms with E-state index >= 15 is 0 Å². The van der Waals surface area contributed by atoms with E-state index in [1.54, 1.807) is 12.1 Å². The lowest BCUT2D eigenvalue weighted by Gasteiger charge is -2.25. The summed E-state index contributed by atoms with van der Waals surface area (Å²) in [5.41, 5.74) is 6.98. The maximum atomic E-state index is 13.1. The smallest absolute Gasteiger partial charge is 0.319 e. The molecule has 1 atom stereocenters. The van der Waals surface area contributed by atoms with Crippen molar-refractivity contribution >= 4 is 21.6 Å². The standard InChI is InChI=1S/C24H32N4O2S/c1-24(2,15-26-3)18-10-12-19(13-11-18)31(25,30)28-23(29)27-22-20-8-4-6-16(20)14-17-7-5-9-21(17)22/h10-14,26H,4-9,15H2,1-3H3,(H3,25,27,28,29,30). The van der Waals surface area contributed by atoms with E-state index in [-0.39, 0.29) is 5.41 Å². The van der Waals surface area contributed by atoms with Gasteiger partial charge in [-0.1, -0.05) is 32.0 Å². The monoisotopic (exact) mass is 440 g/mol. The Morgan fingerprint density at radius 3 is 2.19 bits per heavy atom. The van der Waals surface area contributed by atoms with Crippen molar-refractivity contribution < 1.29 is 9.00 Å². The molecule has 4 rings (SSSR count). The van der Waals surface area contributed by atoms with E-state index in [0.29, 0.717) is 4.90 Å². The fraction of sp³-hybridized carbons (Fsp3) is 0.458. The number of nitrogens with one attached hydrogen (secondary N) is 2. The van der Waals surface area contributed by atoms with E-state index in [1.807, 2.05) is 19.2 Å². The number of benzene rings is 2. The maximum Gasteiger partial charge on any atom is 0.354 e. The van der Waals surface area contributed by atoms with Crippen molar-refractivity contribution in [3.63, 3.8) is 0 Å². The highest BCUT2D eigenvalue weighted by Gasteiger charge is 2.25. The van der Waals surface area contributed by atoms with Gasteiger partial charge in [0.15, 0.2) is 0 Å². The number of likely N-dealkylation sites (N-methyl/N-ethyl adjacent to an activating group) is 1. The van der Waals surface area contributed by atoms with Crippen molar-refractivity contribution in [3.8, 4) is 0 Å². The van der Waals surface area contributed by atoms with Crippen molar-refractivity contribution in [2.75, 3.05) is 18.9 Å². The molecule has 0 bridgehead atoms. The van der Waals surface area contributed by atoms with Gasteiger partial charge in [0.2, 0.25) is 0 Å². The van der Waals surface area contributed by atoms with E-state index in [0.717, 1.165) is 56.3 Å². The highest BCUT2D eigenvalue weighted by Crippen LogP contribution is 2.38. The van der Waals surface area contributed by atoms with Crippen LogP contribution in [-0.2, 0) is 41.0 Å². The Bertz CT molecular complexity index is 1100. The number of rotatable bonds is 5. The highest BCUT2D eigenvalue weighted by atomic mass is 32.2. The number of nitrogens with two attached hydrogens (primary N) is 1. The molecule has 0 aliphatic heterocycles. The number of anilines is 1. The van der Waals surface area contributed by atoms with Crippen LogP contribution in [0.1, 0.15) is 54.5 Å². The molecule has 166 valence electrons. The third kappa shape index (κ3) is 4.40. The van der Waals surface area contributed by atoms with Crippen LogP contribution in [0.3, 0.4) is 0 Å². The van der Waals surface area contributed by atoms with Gasteiger partial charge in [0.1, 0.15) is 9.92 Å². The summed E-state index contributed by atoms with van der Waals surface area (Å²) in [6, 6.07) is 8.91. The summed E-state index contributed by atoms with van der Waals surface area (Å²) in [6.45, 7) is 5.07. The minimum atomic E-state index is -3.33. The first kappa shape index (κ1) is 22.0. The topological polar surface area (TPSA) is 96.6 Å². The molecular formula is C24H32N4O2S. The molecule has 0 saturated carbocycles. The Labute approximate surface area is 185 Å². The van der Waals surface area contributed by atoms with Gasteiger partial charge < -0.3 is 10.6 Å². The minimum Gasteiger partial charge on any atom is -0.319 e. The van der Waals surface area contributed by atoms with Gasteiger partial charge in [0.25, 0.3) is 0 Å². The van der Waals surface area contributed by atoms with Gasteiger partial charge in [-0.3, -0.25) is 0 Å². The molecule has 2 aromatic carbocycles. The molecule has 0 saturated heterocycles. The summed E-state index contributed by atoms with van der Waals surface area (Å²) < 4.78 is 17.0. The summed E-state index contributed by atoms with van der Waals surface area (Å²) in [6.07, 6.45) is 6.21. The summed E-state index contributed by atoms with van der Waals surface area (Å²) in [5, 5.41) is 12.2. The molecule has 1 unspecified atom stereocenters. The van der Waals surface area contributed by atoms with Crippen LogP contribution in [0.5, 0.6) is 0 Å². The van der Waals surface area contributed by atoms with E-state index in [4.69, 9.17) is 5.14 Å². The number of aryl methyl sites for hydroxylation is 2. The van der Waals surface area contributed by atoms with Crippen molar-refractivity contribution in [1.29, 1.82) is 0 Å². The number of carbonyl (C=O) groups excluding carboxylic acids is 1. The van der Waals surface area contributed by atoms with Crippen molar-refractivity contribution in [2.45, 2.75) is 62.7 Å². The summed E-state index contributed by atoms with van der Waals surface area (Å²) in [7, 11) is -1.42. The fourth-order valence-electron chi connectivity index (χ4n) is 4.92. The normalized spacial score (nSPS) is 17.0. The average molecular weight is 441 g/mol. The van der Waals surface area contributed by atoms with Crippen LogP contribution in [0.25, 0.3) is 0 Å². The van der Waals surface area contributed by atoms with Gasteiger partial charge in [0, 0.05) is 17.6 Å². The molecule has 0 fully saturated rings. The Morgan fingerprint density at radius 1 is 1.06 bits per heavy atom. The van der Waals surface area contributed by atoms with E-state index in [1.165, 1.54) is 22.3 Å². The molecule has 0 radical (unpaired) electrons. The van der Waals surface area contributed by atoms with Crippen LogP contribution in [0.2, 0.25) is 0 Å². The average Bonchev–Trinajstić information content (AvgIpc) is 3.36. The fourth-order valence-corrected chi connectivity index (χ4v) is 5.84. The molecule has 2 aliphatic carbocycles. The second kappa shape index (κ2) is 8.37. The van der Waals surface area contributed by atoms with Crippen molar-refractivity contribution in [2.24, 2.45) is 9.50 Å². The zero-order chi connectivity index (χ0) is 22.2. The van der Waals surface area contributed by atoms with Crippen LogP contribution in [0.4, 0.5) is 10.5 Å². The number of hydrogen-bond donors (Lipinski definition) is 3. The van der Waals surface area contributed by atoms with Crippen LogP contribution >= 0.6 is 0 Å². The lowest BCUT2D eigenvalue weighted by Crippen LogP contribution is -2.30. The van der Waals surface area contributed by atoms with Crippen LogP contribution < -0.4 is 15.8 Å². The summed E-state index contributed by atoms with van der Waals surface area (Å²) in [5.74, 6) is 0. The number of hydrogen-bond acceptors (Lipinski definition) is 3. The van der Waals surface area contributed by atoms with Gasteiger partial charge in [-0.2, -0.15) is 0 Å². The van der Waals surface area contributed by atoms with E-state index in [9.17, 15) is 9.00 Å². The predicted molar refractivity (Wildman–Crippen MR) is 126 cm³/mol. The molecule has 2 amide bonds. The predicted octanol–water partition coefficient (Wildman–Crippen LogP) is 4.09. The number of nitrogens with zero attached hydrogens (tertiary/aromatic N) is 1. The molecule has 7 heteroatoms. The third-order valence-electron chi connectivity index (χ3n) is 6.52. The first-order valence-electron chi connectivity index (χ1n) is 11.0. The molecule has 0 heterocycles. The highest BCUT2D eigenvalue weighted by molar-refractivity contribution is 7.91. The van der Waals surface area contributed by atoms with E-state index in [2.05, 4.69) is 34.9 Å².